The zero-order valence-electron chi connectivity index (χ0n) is 12.2. The van der Waals surface area contributed by atoms with Gasteiger partial charge in [0.15, 0.2) is 0 Å². The van der Waals surface area contributed by atoms with Gasteiger partial charge in [0.2, 0.25) is 11.8 Å². The number of nitrogens with one attached hydrogen (secondary N) is 1. The molecule has 1 aromatic rings. The molecular weight excluding hydrogens is 242 g/mol. The van der Waals surface area contributed by atoms with Crippen LogP contribution in [-0.2, 0) is 4.74 Å². The molecule has 108 valence electrons. The molecule has 1 rings (SSSR count). The zero-order valence-corrected chi connectivity index (χ0v) is 12.2. The fourth-order valence-electron chi connectivity index (χ4n) is 1.46. The molecular formula is C14H25N3O2. The monoisotopic (exact) mass is 267 g/mol. The summed E-state index contributed by atoms with van der Waals surface area (Å²) in [5.74, 6) is 1.21. The van der Waals surface area contributed by atoms with E-state index in [9.17, 15) is 0 Å². The van der Waals surface area contributed by atoms with Gasteiger partial charge in [0.1, 0.15) is 0 Å². The van der Waals surface area contributed by atoms with Crippen molar-refractivity contribution in [2.24, 2.45) is 0 Å². The van der Waals surface area contributed by atoms with Crippen LogP contribution >= 0.6 is 0 Å². The third-order valence-electron chi connectivity index (χ3n) is 2.38. The molecule has 0 atom stereocenters. The van der Waals surface area contributed by atoms with Gasteiger partial charge in [-0.15, -0.1) is 0 Å². The Labute approximate surface area is 115 Å². The molecule has 0 spiro atoms. The summed E-state index contributed by atoms with van der Waals surface area (Å²) >= 11 is 0. The van der Waals surface area contributed by atoms with Gasteiger partial charge in [-0.3, -0.25) is 0 Å². The highest BCUT2D eigenvalue weighted by Crippen LogP contribution is 2.09. The minimum atomic E-state index is 0.120. The van der Waals surface area contributed by atoms with E-state index in [-0.39, 0.29) is 6.10 Å². The molecule has 5 heteroatoms. The molecule has 0 aromatic carbocycles. The van der Waals surface area contributed by atoms with E-state index in [1.165, 1.54) is 6.42 Å². The van der Waals surface area contributed by atoms with Gasteiger partial charge in [-0.2, -0.15) is 4.98 Å². The van der Waals surface area contributed by atoms with Crippen molar-refractivity contribution in [2.45, 2.75) is 46.1 Å². The van der Waals surface area contributed by atoms with Gasteiger partial charge in [0.25, 0.3) is 0 Å². The maximum Gasteiger partial charge on any atom is 0.225 e. The lowest BCUT2D eigenvalue weighted by molar-refractivity contribution is 0.131. The number of unbranched alkanes of at least 4 members (excludes halogenated alkanes) is 1. The first-order valence-corrected chi connectivity index (χ1v) is 7.03. The van der Waals surface area contributed by atoms with Gasteiger partial charge >= 0.3 is 0 Å². The lowest BCUT2D eigenvalue weighted by Crippen LogP contribution is -2.11. The van der Waals surface area contributed by atoms with Gasteiger partial charge in [0.05, 0.1) is 6.10 Å². The molecule has 0 saturated carbocycles. The number of ether oxygens (including phenoxy) is 2. The summed E-state index contributed by atoms with van der Waals surface area (Å²) in [4.78, 5) is 8.43. The number of nitrogens with zero attached hydrogens (tertiary/aromatic N) is 2. The highest BCUT2D eigenvalue weighted by atomic mass is 16.5. The number of rotatable bonds is 10. The minimum absolute atomic E-state index is 0.120. The normalized spacial score (nSPS) is 10.7. The summed E-state index contributed by atoms with van der Waals surface area (Å²) < 4.78 is 11.0. The van der Waals surface area contributed by atoms with Crippen molar-refractivity contribution in [3.8, 4) is 5.88 Å². The van der Waals surface area contributed by atoms with Crippen LogP contribution in [0, 0.1) is 0 Å². The van der Waals surface area contributed by atoms with E-state index in [0.29, 0.717) is 11.8 Å². The maximum absolute atomic E-state index is 5.51. The van der Waals surface area contributed by atoms with Crippen molar-refractivity contribution in [1.82, 2.24) is 9.97 Å². The van der Waals surface area contributed by atoms with E-state index in [2.05, 4.69) is 22.2 Å². The zero-order chi connectivity index (χ0) is 13.9. The second kappa shape index (κ2) is 9.55. The molecule has 0 amide bonds. The number of hydrogen-bond acceptors (Lipinski definition) is 5. The molecule has 0 aliphatic rings. The Bertz CT molecular complexity index is 345. The summed E-state index contributed by atoms with van der Waals surface area (Å²) in [6, 6.07) is 1.76. The third kappa shape index (κ3) is 7.62. The first kappa shape index (κ1) is 15.7. The smallest absolute Gasteiger partial charge is 0.225 e. The van der Waals surface area contributed by atoms with E-state index in [1.807, 2.05) is 13.8 Å². The van der Waals surface area contributed by atoms with Gasteiger partial charge in [-0.05, 0) is 26.7 Å². The molecule has 0 radical (unpaired) electrons. The second-order valence-corrected chi connectivity index (χ2v) is 4.63. The Balaban J connectivity index is 2.18. The largest absolute Gasteiger partial charge is 0.475 e. The summed E-state index contributed by atoms with van der Waals surface area (Å²) in [5, 5.41) is 3.17. The Hall–Kier alpha value is -1.36. The topological polar surface area (TPSA) is 56.3 Å². The summed E-state index contributed by atoms with van der Waals surface area (Å²) in [6.07, 6.45) is 5.07. The Morgan fingerprint density at radius 1 is 1.26 bits per heavy atom. The molecule has 0 aliphatic carbocycles. The van der Waals surface area contributed by atoms with E-state index in [1.54, 1.807) is 12.3 Å². The average molecular weight is 267 g/mol. The van der Waals surface area contributed by atoms with Crippen molar-refractivity contribution in [2.75, 3.05) is 25.1 Å². The minimum Gasteiger partial charge on any atom is -0.475 e. The first-order valence-electron chi connectivity index (χ1n) is 7.03. The highest BCUT2D eigenvalue weighted by molar-refractivity contribution is 5.27. The van der Waals surface area contributed by atoms with Crippen molar-refractivity contribution >= 4 is 5.95 Å². The van der Waals surface area contributed by atoms with E-state index in [0.717, 1.165) is 32.6 Å². The van der Waals surface area contributed by atoms with E-state index in [4.69, 9.17) is 9.47 Å². The Morgan fingerprint density at radius 2 is 2.05 bits per heavy atom. The first-order chi connectivity index (χ1) is 9.22. The molecule has 0 fully saturated rings. The standard InChI is InChI=1S/C14H25N3O2/c1-4-5-10-18-11-6-8-15-14-16-9-7-13(17-14)19-12(2)3/h7,9,12H,4-6,8,10-11H2,1-3H3,(H,15,16,17). The molecule has 1 heterocycles. The summed E-state index contributed by atoms with van der Waals surface area (Å²) in [6.45, 7) is 8.54. The molecule has 0 unspecified atom stereocenters. The van der Waals surface area contributed by atoms with Crippen molar-refractivity contribution in [1.29, 1.82) is 0 Å². The molecule has 0 saturated heterocycles. The van der Waals surface area contributed by atoms with Gasteiger partial charge in [0, 0.05) is 32.0 Å². The quantitative estimate of drug-likeness (QED) is 0.661. The van der Waals surface area contributed by atoms with Crippen molar-refractivity contribution < 1.29 is 9.47 Å². The van der Waals surface area contributed by atoms with E-state index < -0.39 is 0 Å². The molecule has 1 aromatic heterocycles. The van der Waals surface area contributed by atoms with E-state index >= 15 is 0 Å². The van der Waals surface area contributed by atoms with Crippen molar-refractivity contribution in [3.63, 3.8) is 0 Å². The summed E-state index contributed by atoms with van der Waals surface area (Å²) in [7, 11) is 0. The number of anilines is 1. The fourth-order valence-corrected chi connectivity index (χ4v) is 1.46. The van der Waals surface area contributed by atoms with Crippen LogP contribution in [0.5, 0.6) is 5.88 Å². The Kier molecular flexibility index (Phi) is 7.89. The Morgan fingerprint density at radius 3 is 2.79 bits per heavy atom. The molecule has 1 N–H and O–H groups in total. The molecule has 0 aliphatic heterocycles. The number of hydrogen-bond donors (Lipinski definition) is 1. The van der Waals surface area contributed by atoms with Gasteiger partial charge in [-0.1, -0.05) is 13.3 Å². The SMILES string of the molecule is CCCCOCCCNc1nccc(OC(C)C)n1. The van der Waals surface area contributed by atoms with Crippen LogP contribution in [0.3, 0.4) is 0 Å². The van der Waals surface area contributed by atoms with Crippen molar-refractivity contribution in [3.05, 3.63) is 12.3 Å². The lowest BCUT2D eigenvalue weighted by Gasteiger charge is -2.10. The van der Waals surface area contributed by atoms with Gasteiger partial charge < -0.3 is 14.8 Å². The predicted octanol–water partition coefficient (Wildman–Crippen LogP) is 2.88. The van der Waals surface area contributed by atoms with Crippen LogP contribution in [-0.4, -0.2) is 35.8 Å². The van der Waals surface area contributed by atoms with Crippen LogP contribution in [0.1, 0.15) is 40.0 Å². The van der Waals surface area contributed by atoms with Crippen LogP contribution in [0.25, 0.3) is 0 Å². The molecule has 5 nitrogen and oxygen atoms in total. The molecule has 19 heavy (non-hydrogen) atoms. The predicted molar refractivity (Wildman–Crippen MR) is 76.6 cm³/mol. The van der Waals surface area contributed by atoms with Crippen LogP contribution in [0.15, 0.2) is 12.3 Å². The maximum atomic E-state index is 5.51. The van der Waals surface area contributed by atoms with Crippen LogP contribution in [0.2, 0.25) is 0 Å². The van der Waals surface area contributed by atoms with Gasteiger partial charge in [-0.25, -0.2) is 4.98 Å². The van der Waals surface area contributed by atoms with Crippen LogP contribution < -0.4 is 10.1 Å². The van der Waals surface area contributed by atoms with Crippen LogP contribution in [0.4, 0.5) is 5.95 Å². The highest BCUT2D eigenvalue weighted by Gasteiger charge is 2.01. The fraction of sp³-hybridized carbons (Fsp3) is 0.714. The third-order valence-corrected chi connectivity index (χ3v) is 2.38. The number of aromatic nitrogens is 2. The molecule has 0 bridgehead atoms. The average Bonchev–Trinajstić information content (AvgIpc) is 2.37. The lowest BCUT2D eigenvalue weighted by atomic mass is 10.4. The summed E-state index contributed by atoms with van der Waals surface area (Å²) in [5.41, 5.74) is 0. The second-order valence-electron chi connectivity index (χ2n) is 4.63.